The van der Waals surface area contributed by atoms with Crippen LogP contribution in [0.4, 0.5) is 4.79 Å². The third-order valence-corrected chi connectivity index (χ3v) is 4.26. The normalized spacial score (nSPS) is 20.7. The fraction of sp³-hybridized carbons (Fsp3) is 0.467. The SMILES string of the molecule is O=C(O)c1ccc2c(c1)CN(C(=O)N1CCC(CO)C1)C2. The monoisotopic (exact) mass is 290 g/mol. The van der Waals surface area contributed by atoms with Crippen LogP contribution in [0.5, 0.6) is 0 Å². The van der Waals surface area contributed by atoms with Gasteiger partial charge < -0.3 is 20.0 Å². The lowest BCUT2D eigenvalue weighted by atomic mass is 10.1. The van der Waals surface area contributed by atoms with Gasteiger partial charge in [0.05, 0.1) is 5.56 Å². The van der Waals surface area contributed by atoms with Gasteiger partial charge in [-0.2, -0.15) is 0 Å². The van der Waals surface area contributed by atoms with E-state index in [1.54, 1.807) is 28.0 Å². The summed E-state index contributed by atoms with van der Waals surface area (Å²) in [5, 5.41) is 18.2. The number of aliphatic hydroxyl groups is 1. The minimum Gasteiger partial charge on any atom is -0.478 e. The Morgan fingerprint density at radius 2 is 1.95 bits per heavy atom. The van der Waals surface area contributed by atoms with Gasteiger partial charge in [-0.25, -0.2) is 9.59 Å². The molecule has 2 aliphatic heterocycles. The van der Waals surface area contributed by atoms with E-state index in [9.17, 15) is 9.59 Å². The summed E-state index contributed by atoms with van der Waals surface area (Å²) in [5.41, 5.74) is 2.16. The van der Waals surface area contributed by atoms with Gasteiger partial charge in [-0.15, -0.1) is 0 Å². The molecular weight excluding hydrogens is 272 g/mol. The van der Waals surface area contributed by atoms with Crippen molar-refractivity contribution in [2.24, 2.45) is 5.92 Å². The molecule has 0 bridgehead atoms. The Labute approximate surface area is 122 Å². The average Bonchev–Trinajstić information content (AvgIpc) is 3.11. The highest BCUT2D eigenvalue weighted by Crippen LogP contribution is 2.26. The highest BCUT2D eigenvalue weighted by molar-refractivity contribution is 5.88. The van der Waals surface area contributed by atoms with E-state index in [0.717, 1.165) is 17.5 Å². The van der Waals surface area contributed by atoms with Crippen LogP contribution < -0.4 is 0 Å². The van der Waals surface area contributed by atoms with Crippen LogP contribution >= 0.6 is 0 Å². The van der Waals surface area contributed by atoms with E-state index in [2.05, 4.69) is 0 Å². The second-order valence-electron chi connectivity index (χ2n) is 5.71. The number of carbonyl (C=O) groups excluding carboxylic acids is 1. The molecule has 21 heavy (non-hydrogen) atoms. The molecule has 1 aromatic carbocycles. The van der Waals surface area contributed by atoms with Crippen LogP contribution in [-0.4, -0.2) is 51.7 Å². The summed E-state index contributed by atoms with van der Waals surface area (Å²) in [6.45, 7) is 2.37. The van der Waals surface area contributed by atoms with Crippen molar-refractivity contribution < 1.29 is 19.8 Å². The Morgan fingerprint density at radius 3 is 2.62 bits per heavy atom. The number of amides is 2. The van der Waals surface area contributed by atoms with Gasteiger partial charge in [-0.05, 0) is 29.7 Å². The zero-order chi connectivity index (χ0) is 15.0. The molecular formula is C15H18N2O4. The largest absolute Gasteiger partial charge is 0.478 e. The molecule has 1 fully saturated rings. The number of carbonyl (C=O) groups is 2. The van der Waals surface area contributed by atoms with Crippen LogP contribution in [0.2, 0.25) is 0 Å². The Kier molecular flexibility index (Phi) is 3.55. The number of hydrogen-bond acceptors (Lipinski definition) is 3. The van der Waals surface area contributed by atoms with E-state index in [0.29, 0.717) is 26.2 Å². The molecule has 1 aromatic rings. The molecule has 1 saturated heterocycles. The molecule has 0 aromatic heterocycles. The lowest BCUT2D eigenvalue weighted by Gasteiger charge is -2.24. The summed E-state index contributed by atoms with van der Waals surface area (Å²) in [7, 11) is 0. The standard InChI is InChI=1S/C15H18N2O4/c18-9-10-3-4-16(6-10)15(21)17-7-12-2-1-11(14(19)20)5-13(12)8-17/h1-2,5,10,18H,3-4,6-9H2,(H,19,20). The summed E-state index contributed by atoms with van der Waals surface area (Å²) in [6.07, 6.45) is 0.839. The van der Waals surface area contributed by atoms with Gasteiger partial charge >= 0.3 is 12.0 Å². The van der Waals surface area contributed by atoms with Crippen molar-refractivity contribution in [3.63, 3.8) is 0 Å². The Bertz CT molecular complexity index is 587. The van der Waals surface area contributed by atoms with Gasteiger partial charge in [0.15, 0.2) is 0 Å². The van der Waals surface area contributed by atoms with Crippen LogP contribution in [0, 0.1) is 5.92 Å². The predicted molar refractivity (Wildman–Crippen MR) is 74.8 cm³/mol. The number of hydrogen-bond donors (Lipinski definition) is 2. The molecule has 2 N–H and O–H groups in total. The number of nitrogens with zero attached hydrogens (tertiary/aromatic N) is 2. The Hall–Kier alpha value is -2.08. The number of aliphatic hydroxyl groups excluding tert-OH is 1. The van der Waals surface area contributed by atoms with Gasteiger partial charge in [0.1, 0.15) is 0 Å². The topological polar surface area (TPSA) is 81.1 Å². The number of benzene rings is 1. The molecule has 2 aliphatic rings. The van der Waals surface area contributed by atoms with Crippen LogP contribution in [0.25, 0.3) is 0 Å². The van der Waals surface area contributed by atoms with Crippen LogP contribution in [-0.2, 0) is 13.1 Å². The number of carboxylic acid groups (broad SMARTS) is 1. The third kappa shape index (κ3) is 2.58. The number of fused-ring (bicyclic) bond motifs is 1. The predicted octanol–water partition coefficient (Wildman–Crippen LogP) is 1.13. The van der Waals surface area contributed by atoms with Crippen molar-refractivity contribution in [3.8, 4) is 0 Å². The van der Waals surface area contributed by atoms with Gasteiger partial charge in [0, 0.05) is 38.7 Å². The minimum atomic E-state index is -0.951. The first-order chi connectivity index (χ1) is 10.1. The molecule has 0 spiro atoms. The molecule has 2 amide bonds. The van der Waals surface area contributed by atoms with Crippen molar-refractivity contribution in [2.45, 2.75) is 19.5 Å². The van der Waals surface area contributed by atoms with Crippen molar-refractivity contribution in [1.82, 2.24) is 9.80 Å². The molecule has 1 atom stereocenters. The lowest BCUT2D eigenvalue weighted by molar-refractivity contribution is 0.0696. The first-order valence-corrected chi connectivity index (χ1v) is 7.08. The van der Waals surface area contributed by atoms with E-state index in [-0.39, 0.29) is 24.1 Å². The number of aromatic carboxylic acids is 1. The first-order valence-electron chi connectivity index (χ1n) is 7.08. The van der Waals surface area contributed by atoms with E-state index in [1.165, 1.54) is 0 Å². The molecule has 0 radical (unpaired) electrons. The Balaban J connectivity index is 1.70. The fourth-order valence-electron chi connectivity index (χ4n) is 3.02. The van der Waals surface area contributed by atoms with Gasteiger partial charge in [-0.3, -0.25) is 0 Å². The summed E-state index contributed by atoms with van der Waals surface area (Å²) < 4.78 is 0. The van der Waals surface area contributed by atoms with Crippen molar-refractivity contribution >= 4 is 12.0 Å². The van der Waals surface area contributed by atoms with Crippen LogP contribution in [0.3, 0.4) is 0 Å². The number of likely N-dealkylation sites (tertiary alicyclic amines) is 1. The second-order valence-corrected chi connectivity index (χ2v) is 5.71. The van der Waals surface area contributed by atoms with Crippen LogP contribution in [0.15, 0.2) is 18.2 Å². The molecule has 6 heteroatoms. The highest BCUT2D eigenvalue weighted by atomic mass is 16.4. The van der Waals surface area contributed by atoms with Gasteiger partial charge in [0.25, 0.3) is 0 Å². The quantitative estimate of drug-likeness (QED) is 0.855. The maximum absolute atomic E-state index is 12.5. The summed E-state index contributed by atoms with van der Waals surface area (Å²) >= 11 is 0. The smallest absolute Gasteiger partial charge is 0.335 e. The number of carboxylic acids is 1. The second kappa shape index (κ2) is 5.37. The van der Waals surface area contributed by atoms with E-state index in [1.807, 2.05) is 0 Å². The fourth-order valence-corrected chi connectivity index (χ4v) is 3.02. The van der Waals surface area contributed by atoms with Crippen molar-refractivity contribution in [3.05, 3.63) is 34.9 Å². The van der Waals surface area contributed by atoms with Crippen LogP contribution in [0.1, 0.15) is 27.9 Å². The molecule has 0 saturated carbocycles. The summed E-state index contributed by atoms with van der Waals surface area (Å²) in [6, 6.07) is 4.98. The zero-order valence-electron chi connectivity index (χ0n) is 11.7. The maximum atomic E-state index is 12.5. The number of urea groups is 1. The molecule has 6 nitrogen and oxygen atoms in total. The maximum Gasteiger partial charge on any atom is 0.335 e. The third-order valence-electron chi connectivity index (χ3n) is 4.26. The minimum absolute atomic E-state index is 0.0287. The van der Waals surface area contributed by atoms with Gasteiger partial charge in [-0.1, -0.05) is 6.07 Å². The average molecular weight is 290 g/mol. The first kappa shape index (κ1) is 13.9. The molecule has 3 rings (SSSR count). The van der Waals surface area contributed by atoms with Crippen molar-refractivity contribution in [2.75, 3.05) is 19.7 Å². The summed E-state index contributed by atoms with van der Waals surface area (Å²) in [4.78, 5) is 26.9. The lowest BCUT2D eigenvalue weighted by Crippen LogP contribution is -2.39. The van der Waals surface area contributed by atoms with E-state index >= 15 is 0 Å². The zero-order valence-corrected chi connectivity index (χ0v) is 11.7. The highest BCUT2D eigenvalue weighted by Gasteiger charge is 2.32. The van der Waals surface area contributed by atoms with E-state index in [4.69, 9.17) is 10.2 Å². The molecule has 112 valence electrons. The molecule has 0 aliphatic carbocycles. The van der Waals surface area contributed by atoms with Crippen molar-refractivity contribution in [1.29, 1.82) is 0 Å². The summed E-state index contributed by atoms with van der Waals surface area (Å²) in [5.74, 6) is -0.773. The Morgan fingerprint density at radius 1 is 1.19 bits per heavy atom. The van der Waals surface area contributed by atoms with Gasteiger partial charge in [0.2, 0.25) is 0 Å². The number of rotatable bonds is 2. The molecule has 2 heterocycles. The van der Waals surface area contributed by atoms with E-state index < -0.39 is 5.97 Å². The molecule has 1 unspecified atom stereocenters.